The molecule has 0 fully saturated rings. The SMILES string of the molecule is CCOc1ccc(NC(CC)c2ccc(Br)cc2)c(C)c1. The molecular weight excluding hydrogens is 326 g/mol. The minimum absolute atomic E-state index is 0.315. The summed E-state index contributed by atoms with van der Waals surface area (Å²) in [6.07, 6.45) is 1.04. The number of hydrogen-bond donors (Lipinski definition) is 1. The first-order chi connectivity index (χ1) is 10.1. The summed E-state index contributed by atoms with van der Waals surface area (Å²) in [5.41, 5.74) is 3.67. The Hall–Kier alpha value is -1.48. The topological polar surface area (TPSA) is 21.3 Å². The van der Waals surface area contributed by atoms with Crippen molar-refractivity contribution >= 4 is 21.6 Å². The molecule has 0 radical (unpaired) electrons. The molecule has 0 spiro atoms. The van der Waals surface area contributed by atoms with Gasteiger partial charge in [0.25, 0.3) is 0 Å². The van der Waals surface area contributed by atoms with Gasteiger partial charge in [0, 0.05) is 10.2 Å². The summed E-state index contributed by atoms with van der Waals surface area (Å²) in [6, 6.07) is 15.0. The zero-order valence-corrected chi connectivity index (χ0v) is 14.4. The zero-order chi connectivity index (χ0) is 15.2. The van der Waals surface area contributed by atoms with Crippen LogP contribution in [0, 0.1) is 6.92 Å². The number of anilines is 1. The van der Waals surface area contributed by atoms with Crippen LogP contribution < -0.4 is 10.1 Å². The number of aryl methyl sites for hydroxylation is 1. The second kappa shape index (κ2) is 7.51. The van der Waals surface area contributed by atoms with Gasteiger partial charge in [-0.15, -0.1) is 0 Å². The predicted octanol–water partition coefficient (Wildman–Crippen LogP) is 5.72. The monoisotopic (exact) mass is 347 g/mol. The summed E-state index contributed by atoms with van der Waals surface area (Å²) in [6.45, 7) is 7.01. The van der Waals surface area contributed by atoms with Crippen molar-refractivity contribution in [2.45, 2.75) is 33.2 Å². The van der Waals surface area contributed by atoms with Crippen LogP contribution in [0.4, 0.5) is 5.69 Å². The Bertz CT molecular complexity index is 580. The van der Waals surface area contributed by atoms with Crippen LogP contribution in [0.25, 0.3) is 0 Å². The van der Waals surface area contributed by atoms with Crippen LogP contribution in [0.1, 0.15) is 37.4 Å². The molecule has 2 rings (SSSR count). The molecule has 0 aliphatic rings. The van der Waals surface area contributed by atoms with Crippen molar-refractivity contribution in [3.8, 4) is 5.75 Å². The average molecular weight is 348 g/mol. The molecule has 0 aliphatic heterocycles. The van der Waals surface area contributed by atoms with Gasteiger partial charge in [-0.25, -0.2) is 0 Å². The number of hydrogen-bond acceptors (Lipinski definition) is 2. The fraction of sp³-hybridized carbons (Fsp3) is 0.333. The van der Waals surface area contributed by atoms with E-state index < -0.39 is 0 Å². The van der Waals surface area contributed by atoms with Gasteiger partial charge in [0.15, 0.2) is 0 Å². The maximum atomic E-state index is 5.54. The molecule has 0 heterocycles. The smallest absolute Gasteiger partial charge is 0.119 e. The highest BCUT2D eigenvalue weighted by molar-refractivity contribution is 9.10. The molecule has 0 saturated heterocycles. The largest absolute Gasteiger partial charge is 0.494 e. The van der Waals surface area contributed by atoms with Crippen LogP contribution in [0.3, 0.4) is 0 Å². The van der Waals surface area contributed by atoms with Crippen molar-refractivity contribution in [1.29, 1.82) is 0 Å². The summed E-state index contributed by atoms with van der Waals surface area (Å²) in [5, 5.41) is 3.63. The average Bonchev–Trinajstić information content (AvgIpc) is 2.48. The quantitative estimate of drug-likeness (QED) is 0.721. The highest BCUT2D eigenvalue weighted by atomic mass is 79.9. The Labute approximate surface area is 135 Å². The Balaban J connectivity index is 2.16. The molecule has 0 bridgehead atoms. The number of rotatable bonds is 6. The lowest BCUT2D eigenvalue weighted by Crippen LogP contribution is -2.10. The van der Waals surface area contributed by atoms with E-state index in [0.717, 1.165) is 22.3 Å². The van der Waals surface area contributed by atoms with E-state index in [4.69, 9.17) is 4.74 Å². The molecule has 3 heteroatoms. The maximum absolute atomic E-state index is 5.54. The van der Waals surface area contributed by atoms with Crippen molar-refractivity contribution in [3.63, 3.8) is 0 Å². The molecule has 1 unspecified atom stereocenters. The first-order valence-corrected chi connectivity index (χ1v) is 8.18. The molecule has 0 amide bonds. The number of halogens is 1. The molecule has 2 aromatic carbocycles. The van der Waals surface area contributed by atoms with Crippen LogP contribution in [-0.2, 0) is 0 Å². The van der Waals surface area contributed by atoms with Crippen LogP contribution >= 0.6 is 15.9 Å². The van der Waals surface area contributed by atoms with Crippen LogP contribution in [-0.4, -0.2) is 6.61 Å². The van der Waals surface area contributed by atoms with E-state index in [-0.39, 0.29) is 0 Å². The van der Waals surface area contributed by atoms with E-state index in [1.54, 1.807) is 0 Å². The first-order valence-electron chi connectivity index (χ1n) is 7.39. The lowest BCUT2D eigenvalue weighted by atomic mass is 10.0. The lowest BCUT2D eigenvalue weighted by Gasteiger charge is -2.21. The fourth-order valence-electron chi connectivity index (χ4n) is 2.36. The third-order valence-electron chi connectivity index (χ3n) is 3.52. The zero-order valence-electron chi connectivity index (χ0n) is 12.8. The molecule has 2 aromatic rings. The van der Waals surface area contributed by atoms with Gasteiger partial charge in [0.2, 0.25) is 0 Å². The molecule has 21 heavy (non-hydrogen) atoms. The van der Waals surface area contributed by atoms with Crippen molar-refractivity contribution in [2.24, 2.45) is 0 Å². The van der Waals surface area contributed by atoms with Gasteiger partial charge >= 0.3 is 0 Å². The van der Waals surface area contributed by atoms with Crippen molar-refractivity contribution in [3.05, 3.63) is 58.1 Å². The van der Waals surface area contributed by atoms with Crippen LogP contribution in [0.2, 0.25) is 0 Å². The number of benzene rings is 2. The van der Waals surface area contributed by atoms with Crippen LogP contribution in [0.15, 0.2) is 46.9 Å². The molecule has 1 atom stereocenters. The summed E-state index contributed by atoms with van der Waals surface area (Å²) < 4.78 is 6.65. The molecule has 0 aliphatic carbocycles. The van der Waals surface area contributed by atoms with Crippen molar-refractivity contribution in [1.82, 2.24) is 0 Å². The van der Waals surface area contributed by atoms with Gasteiger partial charge in [0.1, 0.15) is 5.75 Å². The molecule has 2 nitrogen and oxygen atoms in total. The fourth-order valence-corrected chi connectivity index (χ4v) is 2.62. The van der Waals surface area contributed by atoms with Crippen LogP contribution in [0.5, 0.6) is 5.75 Å². The standard InChI is InChI=1S/C18H22BrNO/c1-4-17(14-6-8-15(19)9-7-14)20-18-11-10-16(21-5-2)12-13(18)3/h6-12,17,20H,4-5H2,1-3H3. The van der Waals surface area contributed by atoms with E-state index in [9.17, 15) is 0 Å². The van der Waals surface area contributed by atoms with Crippen molar-refractivity contribution in [2.75, 3.05) is 11.9 Å². The first kappa shape index (κ1) is 15.9. The predicted molar refractivity (Wildman–Crippen MR) is 93.1 cm³/mol. The van der Waals surface area contributed by atoms with E-state index in [0.29, 0.717) is 12.6 Å². The Kier molecular flexibility index (Phi) is 5.68. The number of ether oxygens (including phenoxy) is 1. The minimum Gasteiger partial charge on any atom is -0.494 e. The minimum atomic E-state index is 0.315. The van der Waals surface area contributed by atoms with E-state index >= 15 is 0 Å². The molecule has 112 valence electrons. The highest BCUT2D eigenvalue weighted by Crippen LogP contribution is 2.28. The Morgan fingerprint density at radius 3 is 2.38 bits per heavy atom. The summed E-state index contributed by atoms with van der Waals surface area (Å²) >= 11 is 3.48. The normalized spacial score (nSPS) is 12.0. The van der Waals surface area contributed by atoms with Gasteiger partial charge in [-0.1, -0.05) is 35.0 Å². The molecule has 0 aromatic heterocycles. The lowest BCUT2D eigenvalue weighted by molar-refractivity contribution is 0.340. The second-order valence-corrected chi connectivity index (χ2v) is 5.98. The van der Waals surface area contributed by atoms with Gasteiger partial charge in [-0.05, 0) is 61.7 Å². The summed E-state index contributed by atoms with van der Waals surface area (Å²) in [5.74, 6) is 0.928. The van der Waals surface area contributed by atoms with Gasteiger partial charge < -0.3 is 10.1 Å². The molecule has 0 saturated carbocycles. The summed E-state index contributed by atoms with van der Waals surface area (Å²) in [7, 11) is 0. The Morgan fingerprint density at radius 2 is 1.81 bits per heavy atom. The van der Waals surface area contributed by atoms with E-state index in [1.165, 1.54) is 11.1 Å². The van der Waals surface area contributed by atoms with E-state index in [1.807, 2.05) is 13.0 Å². The Morgan fingerprint density at radius 1 is 1.10 bits per heavy atom. The third kappa shape index (κ3) is 4.24. The molecular formula is C18H22BrNO. The second-order valence-electron chi connectivity index (χ2n) is 5.07. The number of nitrogens with one attached hydrogen (secondary N) is 1. The summed E-state index contributed by atoms with van der Waals surface area (Å²) in [4.78, 5) is 0. The van der Waals surface area contributed by atoms with Gasteiger partial charge in [-0.3, -0.25) is 0 Å². The van der Waals surface area contributed by atoms with Gasteiger partial charge in [-0.2, -0.15) is 0 Å². The van der Waals surface area contributed by atoms with E-state index in [2.05, 4.69) is 71.5 Å². The van der Waals surface area contributed by atoms with Gasteiger partial charge in [0.05, 0.1) is 12.6 Å². The maximum Gasteiger partial charge on any atom is 0.119 e. The highest BCUT2D eigenvalue weighted by Gasteiger charge is 2.10. The third-order valence-corrected chi connectivity index (χ3v) is 4.05. The molecule has 1 N–H and O–H groups in total. The van der Waals surface area contributed by atoms with Crippen molar-refractivity contribution < 1.29 is 4.74 Å².